The molecule has 0 amide bonds. The van der Waals surface area contributed by atoms with Crippen LogP contribution in [0.15, 0.2) is 36.5 Å². The molecule has 3 rings (SSSR count). The number of carbonyl (C=O) groups is 1. The SMILES string of the molecule is O=Cc1ccc(-c2ccc(O)c(C3CCCCC3)c2)nc1. The fourth-order valence-electron chi connectivity index (χ4n) is 3.10. The van der Waals surface area contributed by atoms with Crippen molar-refractivity contribution in [2.75, 3.05) is 0 Å². The summed E-state index contributed by atoms with van der Waals surface area (Å²) >= 11 is 0. The molecule has 0 radical (unpaired) electrons. The average Bonchev–Trinajstić information content (AvgIpc) is 2.56. The molecule has 0 unspecified atom stereocenters. The van der Waals surface area contributed by atoms with Gasteiger partial charge < -0.3 is 5.11 Å². The minimum atomic E-state index is 0.384. The molecule has 1 N–H and O–H groups in total. The van der Waals surface area contributed by atoms with Gasteiger partial charge in [0.25, 0.3) is 0 Å². The third-order valence-corrected chi connectivity index (χ3v) is 4.29. The molecule has 1 aromatic heterocycles. The third kappa shape index (κ3) is 2.97. The van der Waals surface area contributed by atoms with Crippen LogP contribution in [-0.4, -0.2) is 16.4 Å². The molecule has 3 nitrogen and oxygen atoms in total. The Morgan fingerprint density at radius 1 is 1.10 bits per heavy atom. The van der Waals surface area contributed by atoms with Gasteiger partial charge in [-0.15, -0.1) is 0 Å². The van der Waals surface area contributed by atoms with Crippen molar-refractivity contribution in [3.63, 3.8) is 0 Å². The molecule has 2 aromatic rings. The van der Waals surface area contributed by atoms with E-state index in [1.807, 2.05) is 18.2 Å². The Bertz CT molecular complexity index is 628. The zero-order valence-electron chi connectivity index (χ0n) is 12.0. The zero-order valence-corrected chi connectivity index (χ0v) is 12.0. The van der Waals surface area contributed by atoms with Crippen molar-refractivity contribution in [2.24, 2.45) is 0 Å². The van der Waals surface area contributed by atoms with Gasteiger partial charge >= 0.3 is 0 Å². The number of aromatic nitrogens is 1. The van der Waals surface area contributed by atoms with Crippen LogP contribution in [0, 0.1) is 0 Å². The highest BCUT2D eigenvalue weighted by molar-refractivity contribution is 5.75. The monoisotopic (exact) mass is 281 g/mol. The predicted molar refractivity (Wildman–Crippen MR) is 82.6 cm³/mol. The summed E-state index contributed by atoms with van der Waals surface area (Å²) in [5.41, 5.74) is 3.43. The van der Waals surface area contributed by atoms with Gasteiger partial charge in [-0.05, 0) is 54.7 Å². The van der Waals surface area contributed by atoms with Crippen LogP contribution < -0.4 is 0 Å². The van der Waals surface area contributed by atoms with E-state index >= 15 is 0 Å². The number of aromatic hydroxyl groups is 1. The van der Waals surface area contributed by atoms with Gasteiger partial charge in [-0.25, -0.2) is 0 Å². The van der Waals surface area contributed by atoms with Crippen molar-refractivity contribution in [2.45, 2.75) is 38.0 Å². The highest BCUT2D eigenvalue weighted by Gasteiger charge is 2.19. The fraction of sp³-hybridized carbons (Fsp3) is 0.333. The first-order valence-corrected chi connectivity index (χ1v) is 7.52. The van der Waals surface area contributed by atoms with Crippen LogP contribution in [0.2, 0.25) is 0 Å². The third-order valence-electron chi connectivity index (χ3n) is 4.29. The Morgan fingerprint density at radius 3 is 2.57 bits per heavy atom. The number of aldehydes is 1. The van der Waals surface area contributed by atoms with Gasteiger partial charge in [0.15, 0.2) is 6.29 Å². The molecule has 1 heterocycles. The van der Waals surface area contributed by atoms with E-state index in [4.69, 9.17) is 0 Å². The van der Waals surface area contributed by atoms with E-state index in [2.05, 4.69) is 4.98 Å². The molecule has 0 bridgehead atoms. The summed E-state index contributed by atoms with van der Waals surface area (Å²) in [7, 11) is 0. The Balaban J connectivity index is 1.93. The van der Waals surface area contributed by atoms with E-state index in [1.165, 1.54) is 19.3 Å². The number of rotatable bonds is 3. The molecule has 108 valence electrons. The first-order valence-electron chi connectivity index (χ1n) is 7.52. The normalized spacial score (nSPS) is 15.8. The maximum absolute atomic E-state index is 10.7. The van der Waals surface area contributed by atoms with Crippen LogP contribution in [0.1, 0.15) is 53.9 Å². The summed E-state index contributed by atoms with van der Waals surface area (Å²) in [5.74, 6) is 0.836. The molecule has 21 heavy (non-hydrogen) atoms. The molecule has 1 aliphatic rings. The number of carbonyl (C=O) groups excluding carboxylic acids is 1. The lowest BCUT2D eigenvalue weighted by Crippen LogP contribution is -2.05. The molecule has 3 heteroatoms. The Labute approximate surface area is 124 Å². The second kappa shape index (κ2) is 6.08. The van der Waals surface area contributed by atoms with E-state index in [1.54, 1.807) is 18.3 Å². The molecule has 0 atom stereocenters. The predicted octanol–water partition coefficient (Wildman–Crippen LogP) is 4.31. The van der Waals surface area contributed by atoms with E-state index in [0.29, 0.717) is 17.2 Å². The van der Waals surface area contributed by atoms with E-state index in [-0.39, 0.29) is 0 Å². The van der Waals surface area contributed by atoms with Gasteiger partial charge in [-0.3, -0.25) is 9.78 Å². The van der Waals surface area contributed by atoms with Gasteiger partial charge in [0.2, 0.25) is 0 Å². The van der Waals surface area contributed by atoms with Crippen LogP contribution in [0.3, 0.4) is 0 Å². The van der Waals surface area contributed by atoms with Crippen LogP contribution >= 0.6 is 0 Å². The maximum Gasteiger partial charge on any atom is 0.151 e. The molecule has 0 aliphatic heterocycles. The van der Waals surface area contributed by atoms with Crippen molar-refractivity contribution < 1.29 is 9.90 Å². The number of hydrogen-bond acceptors (Lipinski definition) is 3. The van der Waals surface area contributed by atoms with Crippen molar-refractivity contribution >= 4 is 6.29 Å². The van der Waals surface area contributed by atoms with Gasteiger partial charge in [-0.2, -0.15) is 0 Å². The first-order chi connectivity index (χ1) is 10.3. The van der Waals surface area contributed by atoms with Gasteiger partial charge in [0.1, 0.15) is 5.75 Å². The maximum atomic E-state index is 10.7. The van der Waals surface area contributed by atoms with Gasteiger partial charge in [0, 0.05) is 17.3 Å². The quantitative estimate of drug-likeness (QED) is 0.853. The minimum absolute atomic E-state index is 0.384. The van der Waals surface area contributed by atoms with E-state index in [9.17, 15) is 9.90 Å². The van der Waals surface area contributed by atoms with Gasteiger partial charge in [-0.1, -0.05) is 19.3 Å². The number of phenols is 1. The summed E-state index contributed by atoms with van der Waals surface area (Å²) in [6.07, 6.45) is 8.44. The van der Waals surface area contributed by atoms with Gasteiger partial charge in [0.05, 0.1) is 5.69 Å². The zero-order chi connectivity index (χ0) is 14.7. The Morgan fingerprint density at radius 2 is 1.90 bits per heavy atom. The number of benzene rings is 1. The second-order valence-electron chi connectivity index (χ2n) is 5.70. The molecule has 1 saturated carbocycles. The lowest BCUT2D eigenvalue weighted by Gasteiger charge is -2.23. The topological polar surface area (TPSA) is 50.2 Å². The van der Waals surface area contributed by atoms with Crippen molar-refractivity contribution in [1.82, 2.24) is 4.98 Å². The molecular weight excluding hydrogens is 262 g/mol. The van der Waals surface area contributed by atoms with Crippen molar-refractivity contribution in [3.8, 4) is 17.0 Å². The highest BCUT2D eigenvalue weighted by atomic mass is 16.3. The summed E-state index contributed by atoms with van der Waals surface area (Å²) < 4.78 is 0. The summed E-state index contributed by atoms with van der Waals surface area (Å²) in [4.78, 5) is 15.0. The number of pyridine rings is 1. The molecule has 1 aliphatic carbocycles. The van der Waals surface area contributed by atoms with Crippen LogP contribution in [-0.2, 0) is 0 Å². The fourth-order valence-corrected chi connectivity index (χ4v) is 3.10. The largest absolute Gasteiger partial charge is 0.508 e. The van der Waals surface area contributed by atoms with Crippen LogP contribution in [0.4, 0.5) is 0 Å². The van der Waals surface area contributed by atoms with Crippen LogP contribution in [0.25, 0.3) is 11.3 Å². The Hall–Kier alpha value is -2.16. The average molecular weight is 281 g/mol. The molecule has 1 fully saturated rings. The standard InChI is InChI=1S/C18H19NO2/c20-12-13-6-8-17(19-11-13)15-7-9-18(21)16(10-15)14-4-2-1-3-5-14/h6-12,14,21H,1-5H2. The summed E-state index contributed by atoms with van der Waals surface area (Å²) in [6.45, 7) is 0. The molecule has 1 aromatic carbocycles. The van der Waals surface area contributed by atoms with Crippen molar-refractivity contribution in [3.05, 3.63) is 47.7 Å². The number of hydrogen-bond donors (Lipinski definition) is 1. The molecule has 0 saturated heterocycles. The minimum Gasteiger partial charge on any atom is -0.508 e. The Kier molecular flexibility index (Phi) is 4.00. The van der Waals surface area contributed by atoms with Crippen molar-refractivity contribution in [1.29, 1.82) is 0 Å². The molecule has 0 spiro atoms. The molecular formula is C18H19NO2. The lowest BCUT2D eigenvalue weighted by molar-refractivity contribution is 0.112. The van der Waals surface area contributed by atoms with Crippen LogP contribution in [0.5, 0.6) is 5.75 Å². The number of nitrogens with zero attached hydrogens (tertiary/aromatic N) is 1. The van der Waals surface area contributed by atoms with E-state index in [0.717, 1.165) is 35.9 Å². The highest BCUT2D eigenvalue weighted by Crippen LogP contribution is 2.38. The van der Waals surface area contributed by atoms with E-state index < -0.39 is 0 Å². The second-order valence-corrected chi connectivity index (χ2v) is 5.70. The summed E-state index contributed by atoms with van der Waals surface area (Å²) in [5, 5.41) is 10.1. The smallest absolute Gasteiger partial charge is 0.151 e. The first kappa shape index (κ1) is 13.8. The lowest BCUT2D eigenvalue weighted by atomic mass is 9.83. The number of phenolic OH excluding ortho intramolecular Hbond substituents is 1. The summed E-state index contributed by atoms with van der Waals surface area (Å²) in [6, 6.07) is 9.30.